The third-order valence-electron chi connectivity index (χ3n) is 2.97. The minimum absolute atomic E-state index is 0.255. The summed E-state index contributed by atoms with van der Waals surface area (Å²) in [7, 11) is 0. The standard InChI is InChI=1S/C15H13FN2/c1-10-13(6-12(9-17)8-15(10)18)5-11-3-2-4-14(16)7-11/h2-4,6-8H,5,18H2,1H3. The van der Waals surface area contributed by atoms with Crippen LogP contribution in [-0.2, 0) is 6.42 Å². The second-order valence-electron chi connectivity index (χ2n) is 4.27. The van der Waals surface area contributed by atoms with Crippen LogP contribution in [0, 0.1) is 24.1 Å². The highest BCUT2D eigenvalue weighted by molar-refractivity contribution is 5.56. The average Bonchev–Trinajstić information content (AvgIpc) is 2.34. The fourth-order valence-corrected chi connectivity index (χ4v) is 1.91. The van der Waals surface area contributed by atoms with E-state index < -0.39 is 0 Å². The zero-order valence-electron chi connectivity index (χ0n) is 10.1. The van der Waals surface area contributed by atoms with Gasteiger partial charge in [0.15, 0.2) is 0 Å². The molecular formula is C15H13FN2. The van der Waals surface area contributed by atoms with Crippen molar-refractivity contribution in [2.75, 3.05) is 5.73 Å². The Morgan fingerprint density at radius 2 is 2.06 bits per heavy atom. The topological polar surface area (TPSA) is 49.8 Å². The van der Waals surface area contributed by atoms with Gasteiger partial charge in [0.05, 0.1) is 11.6 Å². The van der Waals surface area contributed by atoms with Gasteiger partial charge in [-0.2, -0.15) is 5.26 Å². The Hall–Kier alpha value is -2.34. The van der Waals surface area contributed by atoms with Crippen LogP contribution in [0.3, 0.4) is 0 Å². The van der Waals surface area contributed by atoms with Crippen molar-refractivity contribution in [2.24, 2.45) is 0 Å². The van der Waals surface area contributed by atoms with Crippen LogP contribution in [0.5, 0.6) is 0 Å². The number of nitrogens with zero attached hydrogens (tertiary/aromatic N) is 1. The molecule has 90 valence electrons. The maximum Gasteiger partial charge on any atom is 0.123 e. The van der Waals surface area contributed by atoms with E-state index in [1.165, 1.54) is 12.1 Å². The largest absolute Gasteiger partial charge is 0.398 e. The summed E-state index contributed by atoms with van der Waals surface area (Å²) < 4.78 is 13.1. The lowest BCUT2D eigenvalue weighted by Gasteiger charge is -2.09. The van der Waals surface area contributed by atoms with Gasteiger partial charge in [-0.3, -0.25) is 0 Å². The third-order valence-corrected chi connectivity index (χ3v) is 2.97. The first-order chi connectivity index (χ1) is 8.60. The normalized spacial score (nSPS) is 10.1. The summed E-state index contributed by atoms with van der Waals surface area (Å²) >= 11 is 0. The van der Waals surface area contributed by atoms with Gasteiger partial charge in [0.1, 0.15) is 5.82 Å². The number of anilines is 1. The number of hydrogen-bond acceptors (Lipinski definition) is 2. The highest BCUT2D eigenvalue weighted by Gasteiger charge is 2.06. The van der Waals surface area contributed by atoms with Crippen molar-refractivity contribution >= 4 is 5.69 Å². The zero-order valence-corrected chi connectivity index (χ0v) is 10.1. The summed E-state index contributed by atoms with van der Waals surface area (Å²) in [6.07, 6.45) is 0.573. The van der Waals surface area contributed by atoms with Gasteiger partial charge in [0.25, 0.3) is 0 Å². The first kappa shape index (κ1) is 12.1. The van der Waals surface area contributed by atoms with Crippen molar-refractivity contribution in [1.82, 2.24) is 0 Å². The van der Waals surface area contributed by atoms with Crippen LogP contribution >= 0.6 is 0 Å². The van der Waals surface area contributed by atoms with Gasteiger partial charge < -0.3 is 5.73 Å². The van der Waals surface area contributed by atoms with E-state index in [1.54, 1.807) is 18.2 Å². The number of benzene rings is 2. The molecule has 3 heteroatoms. The highest BCUT2D eigenvalue weighted by Crippen LogP contribution is 2.21. The van der Waals surface area contributed by atoms with Crippen LogP contribution < -0.4 is 5.73 Å². The molecule has 18 heavy (non-hydrogen) atoms. The van der Waals surface area contributed by atoms with Crippen LogP contribution in [0.4, 0.5) is 10.1 Å². The van der Waals surface area contributed by atoms with E-state index in [2.05, 4.69) is 6.07 Å². The fraction of sp³-hybridized carbons (Fsp3) is 0.133. The number of halogens is 1. The van der Waals surface area contributed by atoms with E-state index >= 15 is 0 Å². The van der Waals surface area contributed by atoms with Crippen molar-refractivity contribution in [1.29, 1.82) is 5.26 Å². The molecule has 0 atom stereocenters. The number of hydrogen-bond donors (Lipinski definition) is 1. The van der Waals surface area contributed by atoms with Crippen LogP contribution in [0.15, 0.2) is 36.4 Å². The Labute approximate surface area is 105 Å². The number of nitriles is 1. The quantitative estimate of drug-likeness (QED) is 0.819. The first-order valence-corrected chi connectivity index (χ1v) is 5.63. The van der Waals surface area contributed by atoms with Gasteiger partial charge in [-0.05, 0) is 54.3 Å². The van der Waals surface area contributed by atoms with E-state index in [9.17, 15) is 4.39 Å². The van der Waals surface area contributed by atoms with Crippen molar-refractivity contribution < 1.29 is 4.39 Å². The van der Waals surface area contributed by atoms with Gasteiger partial charge in [-0.15, -0.1) is 0 Å². The average molecular weight is 240 g/mol. The van der Waals surface area contributed by atoms with E-state index in [-0.39, 0.29) is 5.82 Å². The van der Waals surface area contributed by atoms with Crippen LogP contribution in [-0.4, -0.2) is 0 Å². The molecule has 0 saturated heterocycles. The summed E-state index contributed by atoms with van der Waals surface area (Å²) in [5, 5.41) is 8.92. The minimum Gasteiger partial charge on any atom is -0.398 e. The molecule has 0 saturated carbocycles. The van der Waals surface area contributed by atoms with Gasteiger partial charge >= 0.3 is 0 Å². The lowest BCUT2D eigenvalue weighted by atomic mass is 9.97. The number of nitrogen functional groups attached to an aromatic ring is 1. The molecule has 0 fully saturated rings. The molecule has 0 radical (unpaired) electrons. The third kappa shape index (κ3) is 2.49. The Balaban J connectivity index is 2.40. The maximum absolute atomic E-state index is 13.1. The summed E-state index contributed by atoms with van der Waals surface area (Å²) in [5.74, 6) is -0.255. The molecule has 2 aromatic carbocycles. The molecule has 0 aliphatic heterocycles. The minimum atomic E-state index is -0.255. The predicted octanol–water partition coefficient (Wildman–Crippen LogP) is 3.18. The lowest BCUT2D eigenvalue weighted by Crippen LogP contribution is -1.99. The smallest absolute Gasteiger partial charge is 0.123 e. The van der Waals surface area contributed by atoms with Gasteiger partial charge in [-0.1, -0.05) is 12.1 Å². The summed E-state index contributed by atoms with van der Waals surface area (Å²) in [4.78, 5) is 0. The van der Waals surface area contributed by atoms with Crippen LogP contribution in [0.25, 0.3) is 0 Å². The molecule has 0 aliphatic rings. The second kappa shape index (κ2) is 4.89. The summed E-state index contributed by atoms with van der Waals surface area (Å²) in [5.41, 5.74) is 9.75. The molecule has 0 heterocycles. The Kier molecular flexibility index (Phi) is 3.29. The van der Waals surface area contributed by atoms with E-state index in [4.69, 9.17) is 11.0 Å². The molecule has 0 unspecified atom stereocenters. The molecule has 0 aromatic heterocycles. The van der Waals surface area contributed by atoms with Gasteiger partial charge in [0.2, 0.25) is 0 Å². The lowest BCUT2D eigenvalue weighted by molar-refractivity contribution is 0.626. The second-order valence-corrected chi connectivity index (χ2v) is 4.27. The molecule has 0 aliphatic carbocycles. The highest BCUT2D eigenvalue weighted by atomic mass is 19.1. The fourth-order valence-electron chi connectivity index (χ4n) is 1.91. The number of rotatable bonds is 2. The van der Waals surface area contributed by atoms with Crippen molar-refractivity contribution in [3.05, 3.63) is 64.5 Å². The Morgan fingerprint density at radius 1 is 1.28 bits per heavy atom. The zero-order chi connectivity index (χ0) is 13.1. The van der Waals surface area contributed by atoms with Crippen LogP contribution in [0.2, 0.25) is 0 Å². The van der Waals surface area contributed by atoms with E-state index in [0.29, 0.717) is 17.7 Å². The molecule has 0 amide bonds. The van der Waals surface area contributed by atoms with Crippen molar-refractivity contribution in [2.45, 2.75) is 13.3 Å². The molecule has 0 bridgehead atoms. The first-order valence-electron chi connectivity index (χ1n) is 5.63. The monoisotopic (exact) mass is 240 g/mol. The summed E-state index contributed by atoms with van der Waals surface area (Å²) in [6, 6.07) is 12.0. The molecule has 2 rings (SSSR count). The maximum atomic E-state index is 13.1. The molecule has 2 aromatic rings. The number of nitrogens with two attached hydrogens (primary N) is 1. The van der Waals surface area contributed by atoms with Crippen molar-refractivity contribution in [3.8, 4) is 6.07 Å². The Bertz CT molecular complexity index is 627. The van der Waals surface area contributed by atoms with Crippen molar-refractivity contribution in [3.63, 3.8) is 0 Å². The van der Waals surface area contributed by atoms with Gasteiger partial charge in [0, 0.05) is 5.69 Å². The SMILES string of the molecule is Cc1c(N)cc(C#N)cc1Cc1cccc(F)c1. The molecule has 0 spiro atoms. The van der Waals surface area contributed by atoms with Gasteiger partial charge in [-0.25, -0.2) is 4.39 Å². The van der Waals surface area contributed by atoms with E-state index in [1.807, 2.05) is 13.0 Å². The molecule has 2 nitrogen and oxygen atoms in total. The predicted molar refractivity (Wildman–Crippen MR) is 69.5 cm³/mol. The Morgan fingerprint density at radius 3 is 2.72 bits per heavy atom. The summed E-state index contributed by atoms with van der Waals surface area (Å²) in [6.45, 7) is 1.91. The molecular weight excluding hydrogens is 227 g/mol. The molecule has 2 N–H and O–H groups in total. The van der Waals surface area contributed by atoms with E-state index in [0.717, 1.165) is 16.7 Å². The van der Waals surface area contributed by atoms with Crippen LogP contribution in [0.1, 0.15) is 22.3 Å².